The number of para-hydroxylation sites is 2. The fourth-order valence-electron chi connectivity index (χ4n) is 5.47. The van der Waals surface area contributed by atoms with Crippen LogP contribution in [0.1, 0.15) is 83.4 Å². The molecule has 9 heteroatoms. The van der Waals surface area contributed by atoms with Gasteiger partial charge in [0.25, 0.3) is 12.3 Å². The molecule has 3 fully saturated rings. The van der Waals surface area contributed by atoms with E-state index < -0.39 is 18.0 Å². The Morgan fingerprint density at radius 2 is 1.73 bits per heavy atom. The van der Waals surface area contributed by atoms with E-state index in [0.717, 1.165) is 40.9 Å². The summed E-state index contributed by atoms with van der Waals surface area (Å²) in [6.07, 6.45) is 4.87. The standard InChI is InChI=1S/C18H19F2N3O.C14H15N3/c1-23-9-14(16(22-23)17(19)20)18(24)21-15-5-3-2-4-11(15)13-8-12(13)10-6-7-10;1-10-9-13(11-7-8-11)17-14(15-10)16-12-5-3-2-4-6-12/h2-5,9-10,12-13,17H,6-8H2,1H3,(H,21,24);2-6,9,11H,7-8H2,1H3,(H,15,16,17). The zero-order valence-corrected chi connectivity index (χ0v) is 23.2. The third-order valence-corrected chi connectivity index (χ3v) is 7.88. The Labute approximate surface area is 238 Å². The largest absolute Gasteiger partial charge is 0.324 e. The first-order valence-electron chi connectivity index (χ1n) is 14.3. The van der Waals surface area contributed by atoms with Gasteiger partial charge in [-0.05, 0) is 86.6 Å². The third-order valence-electron chi connectivity index (χ3n) is 7.88. The number of aromatic nitrogens is 4. The summed E-state index contributed by atoms with van der Waals surface area (Å²) < 4.78 is 27.3. The second kappa shape index (κ2) is 11.4. The predicted molar refractivity (Wildman–Crippen MR) is 155 cm³/mol. The number of nitrogens with one attached hydrogen (secondary N) is 2. The van der Waals surface area contributed by atoms with Gasteiger partial charge in [0.2, 0.25) is 5.95 Å². The first kappa shape index (κ1) is 27.1. The molecule has 0 saturated heterocycles. The van der Waals surface area contributed by atoms with E-state index in [1.807, 2.05) is 61.5 Å². The Kier molecular flexibility index (Phi) is 7.51. The number of alkyl halides is 2. The zero-order valence-electron chi connectivity index (χ0n) is 23.2. The van der Waals surface area contributed by atoms with Gasteiger partial charge in [0.15, 0.2) is 0 Å². The van der Waals surface area contributed by atoms with Crippen LogP contribution in [-0.2, 0) is 7.05 Å². The van der Waals surface area contributed by atoms with Crippen molar-refractivity contribution in [1.82, 2.24) is 19.7 Å². The smallest absolute Gasteiger partial charge is 0.282 e. The average Bonchev–Trinajstić information content (AvgIpc) is 3.81. The number of carbonyl (C=O) groups excluding carboxylic acids is 1. The molecule has 2 aromatic heterocycles. The number of anilines is 3. The molecule has 3 aliphatic carbocycles. The van der Waals surface area contributed by atoms with Crippen LogP contribution < -0.4 is 10.6 Å². The molecule has 7 rings (SSSR count). The highest BCUT2D eigenvalue weighted by Crippen LogP contribution is 2.60. The Morgan fingerprint density at radius 1 is 1.00 bits per heavy atom. The van der Waals surface area contributed by atoms with Gasteiger partial charge >= 0.3 is 0 Å². The van der Waals surface area contributed by atoms with Crippen molar-refractivity contribution in [1.29, 1.82) is 0 Å². The number of halogens is 2. The first-order chi connectivity index (χ1) is 19.9. The Bertz CT molecular complexity index is 1530. The lowest BCUT2D eigenvalue weighted by atomic mass is 10.0. The van der Waals surface area contributed by atoms with Crippen LogP contribution in [0, 0.1) is 18.8 Å². The van der Waals surface area contributed by atoms with Crippen molar-refractivity contribution in [2.75, 3.05) is 10.6 Å². The van der Waals surface area contributed by atoms with Crippen molar-refractivity contribution in [3.05, 3.63) is 95.1 Å². The number of rotatable bonds is 8. The van der Waals surface area contributed by atoms with E-state index in [-0.39, 0.29) is 5.56 Å². The van der Waals surface area contributed by atoms with E-state index in [4.69, 9.17) is 0 Å². The highest BCUT2D eigenvalue weighted by molar-refractivity contribution is 6.05. The number of hydrogen-bond donors (Lipinski definition) is 2. The van der Waals surface area contributed by atoms with Gasteiger partial charge in [-0.15, -0.1) is 0 Å². The molecule has 3 aliphatic rings. The molecular weight excluding hydrogens is 522 g/mol. The number of aryl methyl sites for hydroxylation is 2. The fraction of sp³-hybridized carbons (Fsp3) is 0.375. The van der Waals surface area contributed by atoms with Crippen LogP contribution in [0.4, 0.5) is 26.1 Å². The molecule has 4 aromatic rings. The normalized spacial score (nSPS) is 19.3. The van der Waals surface area contributed by atoms with E-state index in [1.54, 1.807) is 0 Å². The van der Waals surface area contributed by atoms with E-state index in [9.17, 15) is 13.6 Å². The number of hydrogen-bond acceptors (Lipinski definition) is 5. The van der Waals surface area contributed by atoms with Gasteiger partial charge in [0.1, 0.15) is 5.69 Å². The molecule has 7 nitrogen and oxygen atoms in total. The van der Waals surface area contributed by atoms with E-state index >= 15 is 0 Å². The molecule has 0 bridgehead atoms. The fourth-order valence-corrected chi connectivity index (χ4v) is 5.47. The highest BCUT2D eigenvalue weighted by Gasteiger charge is 2.48. The lowest BCUT2D eigenvalue weighted by Gasteiger charge is -2.11. The van der Waals surface area contributed by atoms with Crippen molar-refractivity contribution in [2.24, 2.45) is 18.9 Å². The molecule has 0 aliphatic heterocycles. The molecule has 2 unspecified atom stereocenters. The van der Waals surface area contributed by atoms with Crippen LogP contribution in [0.15, 0.2) is 66.9 Å². The van der Waals surface area contributed by atoms with Crippen LogP contribution in [0.25, 0.3) is 0 Å². The van der Waals surface area contributed by atoms with Gasteiger partial charge in [-0.2, -0.15) is 5.10 Å². The summed E-state index contributed by atoms with van der Waals surface area (Å²) >= 11 is 0. The lowest BCUT2D eigenvalue weighted by Crippen LogP contribution is -2.14. The number of carbonyl (C=O) groups is 1. The average molecular weight is 557 g/mol. The molecule has 0 spiro atoms. The maximum Gasteiger partial charge on any atom is 0.282 e. The summed E-state index contributed by atoms with van der Waals surface area (Å²) in [5.74, 6) is 2.87. The molecule has 2 heterocycles. The van der Waals surface area contributed by atoms with Crippen LogP contribution in [-0.4, -0.2) is 25.7 Å². The molecule has 41 heavy (non-hydrogen) atoms. The molecule has 2 atom stereocenters. The molecule has 2 N–H and O–H groups in total. The van der Waals surface area contributed by atoms with Crippen LogP contribution in [0.5, 0.6) is 0 Å². The summed E-state index contributed by atoms with van der Waals surface area (Å²) in [7, 11) is 1.53. The minimum atomic E-state index is -2.77. The molecular formula is C32H34F2N6O. The van der Waals surface area contributed by atoms with E-state index in [2.05, 4.69) is 31.8 Å². The third kappa shape index (κ3) is 6.61. The summed E-state index contributed by atoms with van der Waals surface area (Å²) in [6.45, 7) is 2.02. The van der Waals surface area contributed by atoms with Gasteiger partial charge < -0.3 is 10.6 Å². The van der Waals surface area contributed by atoms with Gasteiger partial charge in [-0.3, -0.25) is 9.48 Å². The summed E-state index contributed by atoms with van der Waals surface area (Å²) in [5, 5.41) is 9.75. The van der Waals surface area contributed by atoms with E-state index in [0.29, 0.717) is 17.8 Å². The van der Waals surface area contributed by atoms with Crippen molar-refractivity contribution in [3.63, 3.8) is 0 Å². The quantitative estimate of drug-likeness (QED) is 0.234. The monoisotopic (exact) mass is 556 g/mol. The van der Waals surface area contributed by atoms with Crippen molar-refractivity contribution in [2.45, 2.75) is 57.3 Å². The summed E-state index contributed by atoms with van der Waals surface area (Å²) in [6, 6.07) is 19.8. The minimum Gasteiger partial charge on any atom is -0.324 e. The Morgan fingerprint density at radius 3 is 2.44 bits per heavy atom. The molecule has 1 amide bonds. The Balaban J connectivity index is 0.000000156. The van der Waals surface area contributed by atoms with Crippen molar-refractivity contribution in [3.8, 4) is 0 Å². The van der Waals surface area contributed by atoms with Crippen LogP contribution in [0.3, 0.4) is 0 Å². The number of nitrogens with zero attached hydrogens (tertiary/aromatic N) is 4. The second-order valence-corrected chi connectivity index (χ2v) is 11.3. The van der Waals surface area contributed by atoms with Crippen LogP contribution >= 0.6 is 0 Å². The zero-order chi connectivity index (χ0) is 28.5. The van der Waals surface area contributed by atoms with Gasteiger partial charge in [0, 0.05) is 41.9 Å². The maximum atomic E-state index is 13.0. The van der Waals surface area contributed by atoms with Gasteiger partial charge in [0.05, 0.1) is 5.56 Å². The van der Waals surface area contributed by atoms with E-state index in [1.165, 1.54) is 49.3 Å². The maximum absolute atomic E-state index is 13.0. The van der Waals surface area contributed by atoms with Gasteiger partial charge in [-0.25, -0.2) is 18.7 Å². The van der Waals surface area contributed by atoms with Crippen molar-refractivity contribution < 1.29 is 13.6 Å². The van der Waals surface area contributed by atoms with Crippen molar-refractivity contribution >= 4 is 23.2 Å². The summed E-state index contributed by atoms with van der Waals surface area (Å²) in [5.41, 5.74) is 4.52. The number of amides is 1. The minimum absolute atomic E-state index is 0.0724. The topological polar surface area (TPSA) is 84.7 Å². The number of benzene rings is 2. The lowest BCUT2D eigenvalue weighted by molar-refractivity contribution is 0.101. The molecule has 0 radical (unpaired) electrons. The molecule has 212 valence electrons. The molecule has 2 aromatic carbocycles. The first-order valence-corrected chi connectivity index (χ1v) is 14.3. The molecule has 3 saturated carbocycles. The predicted octanol–water partition coefficient (Wildman–Crippen LogP) is 7.53. The SMILES string of the molecule is Cc1cc(C2CC2)nc(Nc2ccccc2)n1.Cn1cc(C(=O)Nc2ccccc2C2CC2C2CC2)c(C(F)F)n1. The van der Waals surface area contributed by atoms with Gasteiger partial charge in [-0.1, -0.05) is 36.4 Å². The summed E-state index contributed by atoms with van der Waals surface area (Å²) in [4.78, 5) is 21.5. The Hall–Kier alpha value is -4.14. The second-order valence-electron chi connectivity index (χ2n) is 11.3. The van der Waals surface area contributed by atoms with Crippen LogP contribution in [0.2, 0.25) is 0 Å². The highest BCUT2D eigenvalue weighted by atomic mass is 19.3.